The molecule has 0 bridgehead atoms. The van der Waals surface area contributed by atoms with Crippen molar-refractivity contribution in [2.75, 3.05) is 0 Å². The molecule has 6 heteroatoms. The topological polar surface area (TPSA) is 72.3 Å². The van der Waals surface area contributed by atoms with Crippen molar-refractivity contribution in [3.63, 3.8) is 0 Å². The number of carbonyl (C=O) groups is 1. The molecule has 0 atom stereocenters. The minimum atomic E-state index is -1.17. The minimum absolute atomic E-state index is 0.100. The second-order valence-corrected chi connectivity index (χ2v) is 3.09. The Bertz CT molecular complexity index is 543. The van der Waals surface area contributed by atoms with Crippen LogP contribution in [0.2, 0.25) is 0 Å². The van der Waals surface area contributed by atoms with Gasteiger partial charge in [-0.1, -0.05) is 0 Å². The van der Waals surface area contributed by atoms with Gasteiger partial charge in [-0.05, 0) is 30.3 Å². The molecule has 0 saturated heterocycles. The van der Waals surface area contributed by atoms with Gasteiger partial charge < -0.3 is 9.84 Å². The van der Waals surface area contributed by atoms with Crippen LogP contribution in [0.5, 0.6) is 11.8 Å². The Balaban J connectivity index is 2.21. The third-order valence-electron chi connectivity index (χ3n) is 1.88. The van der Waals surface area contributed by atoms with Crippen molar-refractivity contribution >= 4 is 5.97 Å². The van der Waals surface area contributed by atoms with Gasteiger partial charge in [0.05, 0.1) is 0 Å². The molecule has 0 saturated carbocycles. The second-order valence-electron chi connectivity index (χ2n) is 3.09. The molecule has 1 aromatic carbocycles. The summed E-state index contributed by atoms with van der Waals surface area (Å²) in [6.07, 6.45) is 1.27. The number of carboxylic acids is 1. The third-order valence-corrected chi connectivity index (χ3v) is 1.88. The van der Waals surface area contributed by atoms with Crippen molar-refractivity contribution < 1.29 is 19.0 Å². The lowest BCUT2D eigenvalue weighted by atomic mass is 10.3. The molecule has 0 aliphatic heterocycles. The van der Waals surface area contributed by atoms with Gasteiger partial charge in [-0.3, -0.25) is 0 Å². The van der Waals surface area contributed by atoms with E-state index in [-0.39, 0.29) is 11.7 Å². The van der Waals surface area contributed by atoms with Crippen LogP contribution in [-0.4, -0.2) is 21.0 Å². The van der Waals surface area contributed by atoms with E-state index >= 15 is 0 Å². The van der Waals surface area contributed by atoms with Crippen molar-refractivity contribution in [1.29, 1.82) is 0 Å². The summed E-state index contributed by atoms with van der Waals surface area (Å²) in [5.41, 5.74) is -0.169. The standard InChI is InChI=1S/C11H7FN2O3/c12-7-1-3-8(4-2-7)17-11-13-6-5-9(14-11)10(15)16/h1-6H,(H,15,16). The number of hydrogen-bond acceptors (Lipinski definition) is 4. The second kappa shape index (κ2) is 4.56. The Kier molecular flexibility index (Phi) is 2.95. The molecule has 5 nitrogen and oxygen atoms in total. The molecule has 1 N–H and O–H groups in total. The van der Waals surface area contributed by atoms with Crippen LogP contribution in [0, 0.1) is 5.82 Å². The predicted octanol–water partition coefficient (Wildman–Crippen LogP) is 2.11. The molecular weight excluding hydrogens is 227 g/mol. The molecule has 0 aliphatic rings. The van der Waals surface area contributed by atoms with E-state index in [0.717, 1.165) is 0 Å². The number of rotatable bonds is 3. The largest absolute Gasteiger partial charge is 0.477 e. The third kappa shape index (κ3) is 2.75. The summed E-state index contributed by atoms with van der Waals surface area (Å²) in [7, 11) is 0. The summed E-state index contributed by atoms with van der Waals surface area (Å²) in [5.74, 6) is -1.23. The van der Waals surface area contributed by atoms with E-state index in [2.05, 4.69) is 9.97 Å². The molecule has 1 aromatic heterocycles. The Labute approximate surface area is 95.5 Å². The summed E-state index contributed by atoms with van der Waals surface area (Å²) in [6.45, 7) is 0. The van der Waals surface area contributed by atoms with Crippen molar-refractivity contribution in [3.8, 4) is 11.8 Å². The summed E-state index contributed by atoms with van der Waals surface area (Å²) in [4.78, 5) is 18.1. The first-order chi connectivity index (χ1) is 8.15. The van der Waals surface area contributed by atoms with Crippen molar-refractivity contribution in [1.82, 2.24) is 9.97 Å². The van der Waals surface area contributed by atoms with Gasteiger partial charge in [-0.25, -0.2) is 14.2 Å². The summed E-state index contributed by atoms with van der Waals surface area (Å²) < 4.78 is 17.8. The highest BCUT2D eigenvalue weighted by atomic mass is 19.1. The zero-order valence-electron chi connectivity index (χ0n) is 8.50. The van der Waals surface area contributed by atoms with Gasteiger partial charge in [0.15, 0.2) is 5.69 Å². The van der Waals surface area contributed by atoms with Crippen LogP contribution >= 0.6 is 0 Å². The predicted molar refractivity (Wildman–Crippen MR) is 55.5 cm³/mol. The normalized spacial score (nSPS) is 9.94. The number of benzene rings is 1. The maximum atomic E-state index is 12.6. The molecule has 0 aliphatic carbocycles. The molecule has 2 rings (SSSR count). The van der Waals surface area contributed by atoms with Gasteiger partial charge in [-0.2, -0.15) is 4.98 Å². The zero-order chi connectivity index (χ0) is 12.3. The quantitative estimate of drug-likeness (QED) is 0.880. The van der Waals surface area contributed by atoms with Gasteiger partial charge in [0.2, 0.25) is 0 Å². The van der Waals surface area contributed by atoms with Gasteiger partial charge in [-0.15, -0.1) is 0 Å². The van der Waals surface area contributed by atoms with Crippen molar-refractivity contribution in [3.05, 3.63) is 48.0 Å². The lowest BCUT2D eigenvalue weighted by Crippen LogP contribution is -2.02. The Morgan fingerprint density at radius 1 is 1.24 bits per heavy atom. The molecule has 0 unspecified atom stereocenters. The lowest BCUT2D eigenvalue weighted by molar-refractivity contribution is 0.0689. The van der Waals surface area contributed by atoms with Crippen LogP contribution in [0.1, 0.15) is 10.5 Å². The molecule has 86 valence electrons. The number of nitrogens with zero attached hydrogens (tertiary/aromatic N) is 2. The van der Waals surface area contributed by atoms with Crippen LogP contribution in [0.15, 0.2) is 36.5 Å². The fourth-order valence-corrected chi connectivity index (χ4v) is 1.12. The van der Waals surface area contributed by atoms with E-state index < -0.39 is 11.8 Å². The highest BCUT2D eigenvalue weighted by Crippen LogP contribution is 2.17. The number of carboxylic acid groups (broad SMARTS) is 1. The molecule has 2 aromatic rings. The maximum Gasteiger partial charge on any atom is 0.354 e. The smallest absolute Gasteiger partial charge is 0.354 e. The number of ether oxygens (including phenoxy) is 1. The number of hydrogen-bond donors (Lipinski definition) is 1. The van der Waals surface area contributed by atoms with Gasteiger partial charge in [0, 0.05) is 6.20 Å². The van der Waals surface area contributed by atoms with E-state index in [0.29, 0.717) is 5.75 Å². The average Bonchev–Trinajstić information content (AvgIpc) is 2.32. The summed E-state index contributed by atoms with van der Waals surface area (Å²) in [5, 5.41) is 8.72. The van der Waals surface area contributed by atoms with Crippen LogP contribution in [0.3, 0.4) is 0 Å². The number of aromatic nitrogens is 2. The number of aromatic carboxylic acids is 1. The van der Waals surface area contributed by atoms with Crippen molar-refractivity contribution in [2.24, 2.45) is 0 Å². The maximum absolute atomic E-state index is 12.6. The van der Waals surface area contributed by atoms with Crippen LogP contribution in [0.4, 0.5) is 4.39 Å². The zero-order valence-corrected chi connectivity index (χ0v) is 8.50. The number of halogens is 1. The van der Waals surface area contributed by atoms with Crippen LogP contribution < -0.4 is 4.74 Å². The van der Waals surface area contributed by atoms with Gasteiger partial charge >= 0.3 is 12.0 Å². The Hall–Kier alpha value is -2.50. The Morgan fingerprint density at radius 3 is 2.59 bits per heavy atom. The first kappa shape index (κ1) is 11.0. The minimum Gasteiger partial charge on any atom is -0.477 e. The molecule has 1 heterocycles. The van der Waals surface area contributed by atoms with E-state index in [1.807, 2.05) is 0 Å². The highest BCUT2D eigenvalue weighted by Gasteiger charge is 2.07. The van der Waals surface area contributed by atoms with Gasteiger partial charge in [0.1, 0.15) is 11.6 Å². The van der Waals surface area contributed by atoms with Crippen molar-refractivity contribution in [2.45, 2.75) is 0 Å². The van der Waals surface area contributed by atoms with Crippen LogP contribution in [-0.2, 0) is 0 Å². The molecule has 0 amide bonds. The highest BCUT2D eigenvalue weighted by molar-refractivity contribution is 5.85. The molecule has 0 radical (unpaired) electrons. The Morgan fingerprint density at radius 2 is 1.94 bits per heavy atom. The first-order valence-electron chi connectivity index (χ1n) is 4.65. The molecular formula is C11H7FN2O3. The fraction of sp³-hybridized carbons (Fsp3) is 0. The first-order valence-corrected chi connectivity index (χ1v) is 4.65. The van der Waals surface area contributed by atoms with Crippen LogP contribution in [0.25, 0.3) is 0 Å². The lowest BCUT2D eigenvalue weighted by Gasteiger charge is -2.03. The van der Waals surface area contributed by atoms with E-state index in [1.165, 1.54) is 36.5 Å². The molecule has 0 spiro atoms. The van der Waals surface area contributed by atoms with E-state index in [1.54, 1.807) is 0 Å². The van der Waals surface area contributed by atoms with Gasteiger partial charge in [0.25, 0.3) is 0 Å². The van der Waals surface area contributed by atoms with E-state index in [9.17, 15) is 9.18 Å². The SMILES string of the molecule is O=C(O)c1ccnc(Oc2ccc(F)cc2)n1. The molecule has 17 heavy (non-hydrogen) atoms. The monoisotopic (exact) mass is 234 g/mol. The summed E-state index contributed by atoms with van der Waals surface area (Å²) >= 11 is 0. The fourth-order valence-electron chi connectivity index (χ4n) is 1.12. The molecule has 0 fully saturated rings. The average molecular weight is 234 g/mol. The summed E-state index contributed by atoms with van der Waals surface area (Å²) in [6, 6.07) is 6.38. The van der Waals surface area contributed by atoms with E-state index in [4.69, 9.17) is 9.84 Å².